The van der Waals surface area contributed by atoms with E-state index in [4.69, 9.17) is 5.11 Å². The number of carboxylic acid groups (broad SMARTS) is 1. The van der Waals surface area contributed by atoms with Gasteiger partial charge < -0.3 is 10.0 Å². The third-order valence-corrected chi connectivity index (χ3v) is 4.51. The fraction of sp³-hybridized carbons (Fsp3) is 0.200. The monoisotopic (exact) mass is 287 g/mol. The molecule has 2 aromatic rings. The molecule has 1 N–H and O–H groups in total. The molecule has 1 aliphatic heterocycles. The Morgan fingerprint density at radius 1 is 1.05 bits per heavy atom. The summed E-state index contributed by atoms with van der Waals surface area (Å²) in [5, 5.41) is 8.91. The topological polar surface area (TPSA) is 57.6 Å². The highest BCUT2D eigenvalue weighted by molar-refractivity contribution is 7.15. The maximum absolute atomic E-state index is 12.4. The molecule has 0 saturated heterocycles. The van der Waals surface area contributed by atoms with Crippen LogP contribution in [0.4, 0.5) is 0 Å². The molecule has 0 bridgehead atoms. The molecular formula is C15H13NO3S. The van der Waals surface area contributed by atoms with Crippen LogP contribution in [0.1, 0.15) is 30.5 Å². The molecule has 2 heterocycles. The van der Waals surface area contributed by atoms with Gasteiger partial charge in [-0.2, -0.15) is 0 Å². The summed E-state index contributed by atoms with van der Waals surface area (Å²) in [5.74, 6) is -1.07. The van der Waals surface area contributed by atoms with Gasteiger partial charge >= 0.3 is 5.97 Å². The molecular weight excluding hydrogens is 274 g/mol. The zero-order valence-electron chi connectivity index (χ0n) is 10.7. The van der Waals surface area contributed by atoms with E-state index in [1.807, 2.05) is 18.2 Å². The molecule has 0 spiro atoms. The first kappa shape index (κ1) is 12.9. The lowest BCUT2D eigenvalue weighted by Crippen LogP contribution is -2.35. The van der Waals surface area contributed by atoms with Crippen molar-refractivity contribution in [3.8, 4) is 0 Å². The highest BCUT2D eigenvalue weighted by Crippen LogP contribution is 2.23. The predicted molar refractivity (Wildman–Crippen MR) is 76.2 cm³/mol. The molecule has 1 amide bonds. The van der Waals surface area contributed by atoms with Crippen molar-refractivity contribution >= 4 is 23.2 Å². The molecule has 20 heavy (non-hydrogen) atoms. The minimum Gasteiger partial charge on any atom is -0.477 e. The SMILES string of the molecule is O=C(O)c1ccc(C(=O)N2CCc3ccccc3C2)s1. The van der Waals surface area contributed by atoms with E-state index in [2.05, 4.69) is 6.07 Å². The number of carbonyl (C=O) groups is 2. The lowest BCUT2D eigenvalue weighted by atomic mass is 10.00. The Hall–Kier alpha value is -2.14. The number of fused-ring (bicyclic) bond motifs is 1. The number of hydrogen-bond acceptors (Lipinski definition) is 3. The van der Waals surface area contributed by atoms with Gasteiger partial charge in [-0.3, -0.25) is 4.79 Å². The summed E-state index contributed by atoms with van der Waals surface area (Å²) in [6.45, 7) is 1.27. The number of carbonyl (C=O) groups excluding carboxylic acids is 1. The van der Waals surface area contributed by atoms with Gasteiger partial charge in [-0.1, -0.05) is 24.3 Å². The molecule has 1 aromatic heterocycles. The molecule has 4 nitrogen and oxygen atoms in total. The van der Waals surface area contributed by atoms with Gasteiger partial charge in [0.05, 0.1) is 4.88 Å². The third kappa shape index (κ3) is 2.32. The number of nitrogens with zero attached hydrogens (tertiary/aromatic N) is 1. The van der Waals surface area contributed by atoms with Gasteiger partial charge in [0.1, 0.15) is 4.88 Å². The Balaban J connectivity index is 1.80. The minimum atomic E-state index is -0.988. The summed E-state index contributed by atoms with van der Waals surface area (Å²) in [6, 6.07) is 11.2. The van der Waals surface area contributed by atoms with Crippen LogP contribution in [-0.4, -0.2) is 28.4 Å². The molecule has 0 atom stereocenters. The van der Waals surface area contributed by atoms with E-state index in [-0.39, 0.29) is 10.8 Å². The van der Waals surface area contributed by atoms with Gasteiger partial charge in [0.25, 0.3) is 5.91 Å². The number of thiophene rings is 1. The Morgan fingerprint density at radius 2 is 1.75 bits per heavy atom. The van der Waals surface area contributed by atoms with Crippen LogP contribution in [-0.2, 0) is 13.0 Å². The number of rotatable bonds is 2. The van der Waals surface area contributed by atoms with Crippen molar-refractivity contribution in [3.05, 3.63) is 57.3 Å². The molecule has 0 aliphatic carbocycles. The van der Waals surface area contributed by atoms with Crippen LogP contribution in [0.5, 0.6) is 0 Å². The Labute approximate surface area is 120 Å². The van der Waals surface area contributed by atoms with E-state index in [0.29, 0.717) is 18.0 Å². The predicted octanol–water partition coefficient (Wildman–Crippen LogP) is 2.64. The standard InChI is InChI=1S/C15H13NO3S/c17-14(12-5-6-13(20-12)15(18)19)16-8-7-10-3-1-2-4-11(10)9-16/h1-6H,7-9H2,(H,18,19). The first-order valence-corrected chi connectivity index (χ1v) is 7.16. The zero-order valence-corrected chi connectivity index (χ0v) is 11.5. The van der Waals surface area contributed by atoms with Crippen molar-refractivity contribution in [2.45, 2.75) is 13.0 Å². The third-order valence-electron chi connectivity index (χ3n) is 3.45. The highest BCUT2D eigenvalue weighted by atomic mass is 32.1. The molecule has 3 rings (SSSR count). The highest BCUT2D eigenvalue weighted by Gasteiger charge is 2.23. The Morgan fingerprint density at radius 3 is 2.45 bits per heavy atom. The molecule has 0 fully saturated rings. The van der Waals surface area contributed by atoms with Gasteiger partial charge in [0, 0.05) is 13.1 Å². The largest absolute Gasteiger partial charge is 0.477 e. The van der Waals surface area contributed by atoms with Crippen LogP contribution >= 0.6 is 11.3 Å². The Kier molecular flexibility index (Phi) is 3.28. The average molecular weight is 287 g/mol. The number of hydrogen-bond donors (Lipinski definition) is 1. The van der Waals surface area contributed by atoms with Gasteiger partial charge in [0.2, 0.25) is 0 Å². The lowest BCUT2D eigenvalue weighted by molar-refractivity contribution is 0.0701. The maximum atomic E-state index is 12.4. The Bertz CT molecular complexity index is 677. The van der Waals surface area contributed by atoms with E-state index in [1.54, 1.807) is 11.0 Å². The van der Waals surface area contributed by atoms with Gasteiger partial charge in [-0.15, -0.1) is 11.3 Å². The summed E-state index contributed by atoms with van der Waals surface area (Å²) in [5.41, 5.74) is 2.45. The second-order valence-corrected chi connectivity index (χ2v) is 5.80. The summed E-state index contributed by atoms with van der Waals surface area (Å²) < 4.78 is 0. The van der Waals surface area contributed by atoms with Crippen molar-refractivity contribution in [2.75, 3.05) is 6.54 Å². The lowest BCUT2D eigenvalue weighted by Gasteiger charge is -2.28. The zero-order chi connectivity index (χ0) is 14.1. The van der Waals surface area contributed by atoms with Crippen LogP contribution in [0.2, 0.25) is 0 Å². The molecule has 102 valence electrons. The fourth-order valence-electron chi connectivity index (χ4n) is 2.39. The molecule has 1 aromatic carbocycles. The average Bonchev–Trinajstić information content (AvgIpc) is 2.96. The number of carboxylic acids is 1. The van der Waals surface area contributed by atoms with Crippen LogP contribution in [0.15, 0.2) is 36.4 Å². The van der Waals surface area contributed by atoms with E-state index in [0.717, 1.165) is 17.8 Å². The smallest absolute Gasteiger partial charge is 0.345 e. The quantitative estimate of drug-likeness (QED) is 0.923. The van der Waals surface area contributed by atoms with Crippen molar-refractivity contribution in [2.24, 2.45) is 0 Å². The van der Waals surface area contributed by atoms with Crippen molar-refractivity contribution in [1.29, 1.82) is 0 Å². The number of aromatic carboxylic acids is 1. The van der Waals surface area contributed by atoms with Crippen LogP contribution in [0.25, 0.3) is 0 Å². The van der Waals surface area contributed by atoms with Crippen LogP contribution in [0, 0.1) is 0 Å². The molecule has 0 saturated carbocycles. The molecule has 0 unspecified atom stereocenters. The van der Waals surface area contributed by atoms with Crippen molar-refractivity contribution in [1.82, 2.24) is 4.90 Å². The van der Waals surface area contributed by atoms with Gasteiger partial charge in [-0.05, 0) is 29.7 Å². The molecule has 1 aliphatic rings. The second-order valence-electron chi connectivity index (χ2n) is 4.71. The van der Waals surface area contributed by atoms with E-state index >= 15 is 0 Å². The number of amides is 1. The summed E-state index contributed by atoms with van der Waals surface area (Å²) in [7, 11) is 0. The van der Waals surface area contributed by atoms with Gasteiger partial charge in [0.15, 0.2) is 0 Å². The number of benzene rings is 1. The molecule has 5 heteroatoms. The van der Waals surface area contributed by atoms with E-state index in [9.17, 15) is 9.59 Å². The maximum Gasteiger partial charge on any atom is 0.345 e. The fourth-order valence-corrected chi connectivity index (χ4v) is 3.21. The van der Waals surface area contributed by atoms with Crippen LogP contribution in [0.3, 0.4) is 0 Å². The second kappa shape index (κ2) is 5.09. The van der Waals surface area contributed by atoms with E-state index < -0.39 is 5.97 Å². The summed E-state index contributed by atoms with van der Waals surface area (Å²) in [6.07, 6.45) is 0.846. The van der Waals surface area contributed by atoms with Gasteiger partial charge in [-0.25, -0.2) is 4.79 Å². The first-order chi connectivity index (χ1) is 9.65. The molecule has 0 radical (unpaired) electrons. The normalized spacial score (nSPS) is 13.9. The first-order valence-electron chi connectivity index (χ1n) is 6.34. The van der Waals surface area contributed by atoms with Crippen LogP contribution < -0.4 is 0 Å². The summed E-state index contributed by atoms with van der Waals surface area (Å²) in [4.78, 5) is 25.7. The van der Waals surface area contributed by atoms with E-state index in [1.165, 1.54) is 17.2 Å². The summed E-state index contributed by atoms with van der Waals surface area (Å²) >= 11 is 1.03. The van der Waals surface area contributed by atoms with Crippen molar-refractivity contribution in [3.63, 3.8) is 0 Å². The minimum absolute atomic E-state index is 0.0861. The van der Waals surface area contributed by atoms with Crippen molar-refractivity contribution < 1.29 is 14.7 Å².